The number of pyridine rings is 1. The van der Waals surface area contributed by atoms with Gasteiger partial charge in [0.05, 0.1) is 11.4 Å². The molecule has 0 radical (unpaired) electrons. The predicted octanol–water partition coefficient (Wildman–Crippen LogP) is 5.47. The molecule has 0 unspecified atom stereocenters. The molecule has 5 nitrogen and oxygen atoms in total. The van der Waals surface area contributed by atoms with Crippen LogP contribution in [-0.4, -0.2) is 26.7 Å². The topological polar surface area (TPSA) is 43.2 Å². The maximum Gasteiger partial charge on any atom is 0.127 e. The van der Waals surface area contributed by atoms with Gasteiger partial charge in [-0.2, -0.15) is 5.10 Å². The van der Waals surface area contributed by atoms with Crippen LogP contribution in [0.4, 0.5) is 0 Å². The molecule has 0 saturated carbocycles. The van der Waals surface area contributed by atoms with Crippen molar-refractivity contribution in [3.05, 3.63) is 96.4 Å². The second-order valence-corrected chi connectivity index (χ2v) is 7.46. The van der Waals surface area contributed by atoms with Crippen molar-refractivity contribution in [3.8, 4) is 22.8 Å². The van der Waals surface area contributed by atoms with E-state index < -0.39 is 0 Å². The van der Waals surface area contributed by atoms with E-state index in [0.717, 1.165) is 35.0 Å². The molecule has 152 valence electrons. The van der Waals surface area contributed by atoms with E-state index in [1.807, 2.05) is 72.5 Å². The summed E-state index contributed by atoms with van der Waals surface area (Å²) >= 11 is 0. The molecular formula is C25H26N4O. The van der Waals surface area contributed by atoms with E-state index >= 15 is 0 Å². The van der Waals surface area contributed by atoms with Crippen LogP contribution in [0.3, 0.4) is 0 Å². The Morgan fingerprint density at radius 3 is 2.33 bits per heavy atom. The normalized spacial score (nSPS) is 12.1. The van der Waals surface area contributed by atoms with Gasteiger partial charge < -0.3 is 4.74 Å². The number of aromatic nitrogens is 3. The largest absolute Gasteiger partial charge is 0.457 e. The van der Waals surface area contributed by atoms with Crippen molar-refractivity contribution in [3.63, 3.8) is 0 Å². The molecule has 2 aromatic heterocycles. The molecule has 0 fully saturated rings. The number of ether oxygens (including phenoxy) is 1. The van der Waals surface area contributed by atoms with Crippen molar-refractivity contribution in [1.82, 2.24) is 19.7 Å². The van der Waals surface area contributed by atoms with E-state index in [2.05, 4.69) is 48.3 Å². The van der Waals surface area contributed by atoms with Crippen LogP contribution in [0, 0.1) is 0 Å². The zero-order valence-corrected chi connectivity index (χ0v) is 17.6. The molecule has 0 bridgehead atoms. The van der Waals surface area contributed by atoms with Crippen molar-refractivity contribution in [2.75, 3.05) is 7.05 Å². The highest BCUT2D eigenvalue weighted by Gasteiger charge is 2.17. The fourth-order valence-electron chi connectivity index (χ4n) is 3.46. The first-order valence-electron chi connectivity index (χ1n) is 10.1. The third kappa shape index (κ3) is 4.58. The molecule has 0 saturated heterocycles. The molecule has 0 spiro atoms. The lowest BCUT2D eigenvalue weighted by molar-refractivity contribution is 0.249. The fraction of sp³-hybridized carbons (Fsp3) is 0.200. The summed E-state index contributed by atoms with van der Waals surface area (Å²) in [4.78, 5) is 6.78. The summed E-state index contributed by atoms with van der Waals surface area (Å²) in [5.74, 6) is 1.64. The van der Waals surface area contributed by atoms with Gasteiger partial charge in [0.1, 0.15) is 11.5 Å². The maximum absolute atomic E-state index is 5.91. The summed E-state index contributed by atoms with van der Waals surface area (Å²) in [5.41, 5.74) is 4.31. The summed E-state index contributed by atoms with van der Waals surface area (Å²) < 4.78 is 7.78. The van der Waals surface area contributed by atoms with Gasteiger partial charge in [-0.05, 0) is 62.5 Å². The van der Waals surface area contributed by atoms with E-state index in [4.69, 9.17) is 9.84 Å². The Bertz CT molecular complexity index is 1080. The zero-order chi connectivity index (χ0) is 20.9. The van der Waals surface area contributed by atoms with Crippen LogP contribution in [0.15, 0.2) is 85.2 Å². The van der Waals surface area contributed by atoms with Gasteiger partial charge in [-0.25, -0.2) is 0 Å². The average molecular weight is 399 g/mol. The summed E-state index contributed by atoms with van der Waals surface area (Å²) in [6, 6.07) is 24.1. The Morgan fingerprint density at radius 2 is 1.63 bits per heavy atom. The molecule has 2 aromatic carbocycles. The van der Waals surface area contributed by atoms with Crippen LogP contribution in [0.1, 0.15) is 24.2 Å². The van der Waals surface area contributed by atoms with Gasteiger partial charge in [0.2, 0.25) is 0 Å². The van der Waals surface area contributed by atoms with Crippen molar-refractivity contribution < 1.29 is 4.74 Å². The van der Waals surface area contributed by atoms with Crippen molar-refractivity contribution in [2.24, 2.45) is 7.05 Å². The van der Waals surface area contributed by atoms with Crippen molar-refractivity contribution in [1.29, 1.82) is 0 Å². The molecule has 4 aromatic rings. The van der Waals surface area contributed by atoms with Gasteiger partial charge in [0.15, 0.2) is 0 Å². The number of hydrogen-bond donors (Lipinski definition) is 0. The minimum absolute atomic E-state index is 0.209. The van der Waals surface area contributed by atoms with Crippen LogP contribution >= 0.6 is 0 Å². The number of rotatable bonds is 7. The quantitative estimate of drug-likeness (QED) is 0.414. The van der Waals surface area contributed by atoms with Crippen LogP contribution in [0.5, 0.6) is 11.5 Å². The summed E-state index contributed by atoms with van der Waals surface area (Å²) in [6.07, 6.45) is 3.93. The minimum atomic E-state index is 0.209. The SMILES string of the molecule is C[C@H](c1ccccn1)N(C)Cc1cn(C)nc1-c1ccc(Oc2ccccc2)cc1. The minimum Gasteiger partial charge on any atom is -0.457 e. The first-order valence-corrected chi connectivity index (χ1v) is 10.1. The Hall–Kier alpha value is -3.44. The lowest BCUT2D eigenvalue weighted by atomic mass is 10.1. The van der Waals surface area contributed by atoms with Gasteiger partial charge in [0, 0.05) is 43.2 Å². The predicted molar refractivity (Wildman–Crippen MR) is 119 cm³/mol. The summed E-state index contributed by atoms with van der Waals surface area (Å²) in [6.45, 7) is 2.96. The van der Waals surface area contributed by atoms with E-state index in [0.29, 0.717) is 0 Å². The van der Waals surface area contributed by atoms with Gasteiger partial charge in [0.25, 0.3) is 0 Å². The summed E-state index contributed by atoms with van der Waals surface area (Å²) in [5, 5.41) is 4.71. The highest BCUT2D eigenvalue weighted by atomic mass is 16.5. The second kappa shape index (κ2) is 8.93. The molecule has 1 atom stereocenters. The van der Waals surface area contributed by atoms with Crippen molar-refractivity contribution >= 4 is 0 Å². The number of benzene rings is 2. The molecular weight excluding hydrogens is 372 g/mol. The molecule has 30 heavy (non-hydrogen) atoms. The van der Waals surface area contributed by atoms with Gasteiger partial charge in [-0.3, -0.25) is 14.6 Å². The molecule has 5 heteroatoms. The number of nitrogens with zero attached hydrogens (tertiary/aromatic N) is 4. The smallest absolute Gasteiger partial charge is 0.127 e. The van der Waals surface area contributed by atoms with Crippen molar-refractivity contribution in [2.45, 2.75) is 19.5 Å². The number of hydrogen-bond acceptors (Lipinski definition) is 4. The number of para-hydroxylation sites is 1. The molecule has 0 aliphatic carbocycles. The highest BCUT2D eigenvalue weighted by molar-refractivity contribution is 5.63. The first-order chi connectivity index (χ1) is 14.6. The van der Waals surface area contributed by atoms with Crippen LogP contribution in [0.2, 0.25) is 0 Å². The maximum atomic E-state index is 5.91. The monoisotopic (exact) mass is 398 g/mol. The lowest BCUT2D eigenvalue weighted by Crippen LogP contribution is -2.22. The zero-order valence-electron chi connectivity index (χ0n) is 17.6. The van der Waals surface area contributed by atoms with E-state index in [1.54, 1.807) is 0 Å². The number of aryl methyl sites for hydroxylation is 1. The van der Waals surface area contributed by atoms with E-state index in [-0.39, 0.29) is 6.04 Å². The van der Waals surface area contributed by atoms with Gasteiger partial charge in [-0.15, -0.1) is 0 Å². The lowest BCUT2D eigenvalue weighted by Gasteiger charge is -2.24. The van der Waals surface area contributed by atoms with E-state index in [9.17, 15) is 0 Å². The Kier molecular flexibility index (Phi) is 5.91. The average Bonchev–Trinajstić information content (AvgIpc) is 3.15. The Labute approximate surface area is 177 Å². The Morgan fingerprint density at radius 1 is 0.933 bits per heavy atom. The third-order valence-electron chi connectivity index (χ3n) is 5.21. The highest BCUT2D eigenvalue weighted by Crippen LogP contribution is 2.28. The molecule has 0 aliphatic heterocycles. The molecule has 0 aliphatic rings. The molecule has 2 heterocycles. The first kappa shape index (κ1) is 19.9. The van der Waals surface area contributed by atoms with E-state index in [1.165, 1.54) is 5.56 Å². The standard InChI is InChI=1S/C25H26N4O/c1-19(24-11-7-8-16-26-24)28(2)17-21-18-29(3)27-25(21)20-12-14-23(15-13-20)30-22-9-5-4-6-10-22/h4-16,18-19H,17H2,1-3H3/t19-/m1/s1. The third-order valence-corrected chi connectivity index (χ3v) is 5.21. The molecule has 0 N–H and O–H groups in total. The van der Waals surface area contributed by atoms with Crippen LogP contribution in [-0.2, 0) is 13.6 Å². The van der Waals surface area contributed by atoms with Crippen LogP contribution < -0.4 is 4.74 Å². The fourth-order valence-corrected chi connectivity index (χ4v) is 3.46. The Balaban J connectivity index is 1.51. The molecule has 0 amide bonds. The van der Waals surface area contributed by atoms with Gasteiger partial charge >= 0.3 is 0 Å². The van der Waals surface area contributed by atoms with Crippen LogP contribution in [0.25, 0.3) is 11.3 Å². The second-order valence-electron chi connectivity index (χ2n) is 7.46. The van der Waals surface area contributed by atoms with Gasteiger partial charge in [-0.1, -0.05) is 24.3 Å². The molecule has 4 rings (SSSR count). The summed E-state index contributed by atoms with van der Waals surface area (Å²) in [7, 11) is 4.08.